The number of rotatable bonds is 2. The molecule has 0 radical (unpaired) electrons. The van der Waals surface area contributed by atoms with Crippen LogP contribution in [0.3, 0.4) is 0 Å². The van der Waals surface area contributed by atoms with Crippen molar-refractivity contribution in [3.05, 3.63) is 0 Å². The molecule has 1 saturated carbocycles. The standard InChI is InChI=1S/C7H14N2O2/c1-9-5-3-2-4-7(5,11)6(8)10/h5,9,11H,2-4H2,1H3,(H2,8,10). The summed E-state index contributed by atoms with van der Waals surface area (Å²) < 4.78 is 0. The maximum atomic E-state index is 10.8. The summed E-state index contributed by atoms with van der Waals surface area (Å²) in [5.41, 5.74) is 3.76. The third-order valence-corrected chi connectivity index (χ3v) is 2.40. The van der Waals surface area contributed by atoms with E-state index in [2.05, 4.69) is 5.32 Å². The summed E-state index contributed by atoms with van der Waals surface area (Å²) in [7, 11) is 1.73. The number of aliphatic hydroxyl groups is 1. The summed E-state index contributed by atoms with van der Waals surface area (Å²) in [5.74, 6) is -0.616. The first-order valence-corrected chi connectivity index (χ1v) is 3.81. The fourth-order valence-corrected chi connectivity index (χ4v) is 1.67. The van der Waals surface area contributed by atoms with Crippen LogP contribution in [-0.4, -0.2) is 29.7 Å². The number of likely N-dealkylation sites (N-methyl/N-ethyl adjacent to an activating group) is 1. The second-order valence-electron chi connectivity index (χ2n) is 3.02. The van der Waals surface area contributed by atoms with Gasteiger partial charge in [0.25, 0.3) is 5.91 Å². The van der Waals surface area contributed by atoms with Gasteiger partial charge in [0.05, 0.1) is 0 Å². The Bertz CT molecular complexity index is 172. The first-order valence-electron chi connectivity index (χ1n) is 3.81. The Morgan fingerprint density at radius 2 is 2.45 bits per heavy atom. The van der Waals surface area contributed by atoms with Gasteiger partial charge >= 0.3 is 0 Å². The molecular weight excluding hydrogens is 144 g/mol. The lowest BCUT2D eigenvalue weighted by Crippen LogP contribution is -2.54. The van der Waals surface area contributed by atoms with Gasteiger partial charge in [0.1, 0.15) is 0 Å². The highest BCUT2D eigenvalue weighted by molar-refractivity contribution is 5.84. The highest BCUT2D eigenvalue weighted by atomic mass is 16.3. The molecule has 1 aliphatic rings. The number of carbonyl (C=O) groups is 1. The SMILES string of the molecule is CNC1CCCC1(O)C(N)=O. The van der Waals surface area contributed by atoms with Crippen molar-refractivity contribution in [1.82, 2.24) is 5.32 Å². The maximum absolute atomic E-state index is 10.8. The third-order valence-electron chi connectivity index (χ3n) is 2.40. The Morgan fingerprint density at radius 1 is 1.82 bits per heavy atom. The van der Waals surface area contributed by atoms with E-state index in [4.69, 9.17) is 5.73 Å². The van der Waals surface area contributed by atoms with E-state index in [1.165, 1.54) is 0 Å². The van der Waals surface area contributed by atoms with Crippen LogP contribution >= 0.6 is 0 Å². The molecule has 11 heavy (non-hydrogen) atoms. The van der Waals surface area contributed by atoms with Crippen LogP contribution in [0.25, 0.3) is 0 Å². The molecule has 0 bridgehead atoms. The zero-order chi connectivity index (χ0) is 8.48. The third kappa shape index (κ3) is 1.23. The second-order valence-corrected chi connectivity index (χ2v) is 3.02. The average molecular weight is 158 g/mol. The number of nitrogens with two attached hydrogens (primary N) is 1. The topological polar surface area (TPSA) is 75.3 Å². The molecule has 4 heteroatoms. The van der Waals surface area contributed by atoms with Gasteiger partial charge in [0.15, 0.2) is 5.60 Å². The van der Waals surface area contributed by atoms with Crippen molar-refractivity contribution in [2.24, 2.45) is 5.73 Å². The van der Waals surface area contributed by atoms with Crippen molar-refractivity contribution in [2.75, 3.05) is 7.05 Å². The summed E-state index contributed by atoms with van der Waals surface area (Å²) in [6.45, 7) is 0. The molecule has 0 aromatic carbocycles. The lowest BCUT2D eigenvalue weighted by molar-refractivity contribution is -0.137. The Kier molecular flexibility index (Phi) is 2.15. The van der Waals surface area contributed by atoms with Gasteiger partial charge in [0, 0.05) is 6.04 Å². The Balaban J connectivity index is 2.75. The summed E-state index contributed by atoms with van der Waals surface area (Å²) in [5, 5.41) is 12.6. The molecule has 2 unspecified atom stereocenters. The largest absolute Gasteiger partial charge is 0.378 e. The highest BCUT2D eigenvalue weighted by Gasteiger charge is 2.45. The van der Waals surface area contributed by atoms with Crippen LogP contribution < -0.4 is 11.1 Å². The first kappa shape index (κ1) is 8.49. The van der Waals surface area contributed by atoms with Gasteiger partial charge in [-0.2, -0.15) is 0 Å². The summed E-state index contributed by atoms with van der Waals surface area (Å²) >= 11 is 0. The molecule has 1 aliphatic carbocycles. The second kappa shape index (κ2) is 2.79. The number of nitrogens with one attached hydrogen (secondary N) is 1. The van der Waals surface area contributed by atoms with E-state index >= 15 is 0 Å². The molecular formula is C7H14N2O2. The summed E-state index contributed by atoms with van der Waals surface area (Å²) in [6.07, 6.45) is 2.15. The van der Waals surface area contributed by atoms with E-state index in [0.717, 1.165) is 12.8 Å². The van der Waals surface area contributed by atoms with Gasteiger partial charge in [-0.1, -0.05) is 0 Å². The number of hydrogen-bond acceptors (Lipinski definition) is 3. The molecule has 1 fully saturated rings. The molecule has 2 atom stereocenters. The van der Waals surface area contributed by atoms with Gasteiger partial charge in [-0.05, 0) is 26.3 Å². The van der Waals surface area contributed by atoms with Crippen LogP contribution in [0.2, 0.25) is 0 Å². The Morgan fingerprint density at radius 3 is 2.82 bits per heavy atom. The monoisotopic (exact) mass is 158 g/mol. The number of primary amides is 1. The van der Waals surface area contributed by atoms with Gasteiger partial charge in [-0.3, -0.25) is 4.79 Å². The van der Waals surface area contributed by atoms with Crippen LogP contribution in [0.1, 0.15) is 19.3 Å². The Hall–Kier alpha value is -0.610. The minimum absolute atomic E-state index is 0.167. The van der Waals surface area contributed by atoms with Crippen molar-refractivity contribution in [3.63, 3.8) is 0 Å². The Labute approximate surface area is 65.8 Å². The zero-order valence-electron chi connectivity index (χ0n) is 6.63. The van der Waals surface area contributed by atoms with Crippen molar-refractivity contribution in [3.8, 4) is 0 Å². The van der Waals surface area contributed by atoms with E-state index < -0.39 is 11.5 Å². The van der Waals surface area contributed by atoms with E-state index in [9.17, 15) is 9.90 Å². The van der Waals surface area contributed by atoms with E-state index in [-0.39, 0.29) is 6.04 Å². The lowest BCUT2D eigenvalue weighted by atomic mass is 9.97. The minimum atomic E-state index is -1.31. The van der Waals surface area contributed by atoms with Crippen LogP contribution in [0.5, 0.6) is 0 Å². The smallest absolute Gasteiger partial charge is 0.251 e. The number of amides is 1. The van der Waals surface area contributed by atoms with Crippen LogP contribution in [0.15, 0.2) is 0 Å². The predicted octanol–water partition coefficient (Wildman–Crippen LogP) is -1.03. The zero-order valence-corrected chi connectivity index (χ0v) is 6.63. The molecule has 0 heterocycles. The molecule has 1 rings (SSSR count). The molecule has 0 aromatic rings. The maximum Gasteiger partial charge on any atom is 0.251 e. The van der Waals surface area contributed by atoms with Crippen molar-refractivity contribution in [1.29, 1.82) is 0 Å². The van der Waals surface area contributed by atoms with Crippen molar-refractivity contribution in [2.45, 2.75) is 30.9 Å². The van der Waals surface area contributed by atoms with E-state index in [1.807, 2.05) is 0 Å². The fourth-order valence-electron chi connectivity index (χ4n) is 1.67. The van der Waals surface area contributed by atoms with Crippen molar-refractivity contribution < 1.29 is 9.90 Å². The van der Waals surface area contributed by atoms with Gasteiger partial charge < -0.3 is 16.2 Å². The molecule has 0 spiro atoms. The normalized spacial score (nSPS) is 37.5. The first-order chi connectivity index (χ1) is 5.11. The quantitative estimate of drug-likeness (QED) is 0.481. The van der Waals surface area contributed by atoms with Crippen molar-refractivity contribution >= 4 is 5.91 Å². The predicted molar refractivity (Wildman–Crippen MR) is 40.8 cm³/mol. The molecule has 0 aromatic heterocycles. The summed E-state index contributed by atoms with van der Waals surface area (Å²) in [4.78, 5) is 10.8. The molecule has 0 saturated heterocycles. The lowest BCUT2D eigenvalue weighted by Gasteiger charge is -2.25. The van der Waals surface area contributed by atoms with Crippen LogP contribution in [0, 0.1) is 0 Å². The molecule has 64 valence electrons. The fraction of sp³-hybridized carbons (Fsp3) is 0.857. The average Bonchev–Trinajstić information content (AvgIpc) is 2.32. The van der Waals surface area contributed by atoms with Gasteiger partial charge in [0.2, 0.25) is 0 Å². The molecule has 0 aliphatic heterocycles. The van der Waals surface area contributed by atoms with Crippen LogP contribution in [-0.2, 0) is 4.79 Å². The van der Waals surface area contributed by atoms with Gasteiger partial charge in [-0.25, -0.2) is 0 Å². The molecule has 1 amide bonds. The number of carbonyl (C=O) groups excluding carboxylic acids is 1. The van der Waals surface area contributed by atoms with Crippen LogP contribution in [0.4, 0.5) is 0 Å². The highest BCUT2D eigenvalue weighted by Crippen LogP contribution is 2.29. The molecule has 4 N–H and O–H groups in total. The van der Waals surface area contributed by atoms with Gasteiger partial charge in [-0.15, -0.1) is 0 Å². The molecule has 4 nitrogen and oxygen atoms in total. The van der Waals surface area contributed by atoms with E-state index in [1.54, 1.807) is 7.05 Å². The van der Waals surface area contributed by atoms with E-state index in [0.29, 0.717) is 6.42 Å². The minimum Gasteiger partial charge on any atom is -0.378 e. The summed E-state index contributed by atoms with van der Waals surface area (Å²) in [6, 6.07) is -0.167. The number of hydrogen-bond donors (Lipinski definition) is 3.